The van der Waals surface area contributed by atoms with Crippen LogP contribution in [0.2, 0.25) is 5.02 Å². The fourth-order valence-corrected chi connectivity index (χ4v) is 3.01. The van der Waals surface area contributed by atoms with Crippen molar-refractivity contribution in [1.82, 2.24) is 15.1 Å². The van der Waals surface area contributed by atoms with Gasteiger partial charge in [-0.1, -0.05) is 29.8 Å². The molecule has 1 amide bonds. The van der Waals surface area contributed by atoms with Gasteiger partial charge in [-0.2, -0.15) is 5.10 Å². The van der Waals surface area contributed by atoms with Gasteiger partial charge in [0.05, 0.1) is 23.5 Å². The largest absolute Gasteiger partial charge is 0.497 e. The number of ether oxygens (including phenoxy) is 2. The van der Waals surface area contributed by atoms with Crippen LogP contribution < -0.4 is 10.1 Å². The Hall–Kier alpha value is -2.83. The molecular formula is C21H22ClN3O3. The van der Waals surface area contributed by atoms with Gasteiger partial charge in [0, 0.05) is 25.8 Å². The fourth-order valence-electron chi connectivity index (χ4n) is 2.77. The number of amides is 1. The van der Waals surface area contributed by atoms with E-state index in [4.69, 9.17) is 21.1 Å². The lowest BCUT2D eigenvalue weighted by atomic mass is 10.1. The van der Waals surface area contributed by atoms with Gasteiger partial charge in [-0.3, -0.25) is 4.79 Å². The third-order valence-corrected chi connectivity index (χ3v) is 4.55. The van der Waals surface area contributed by atoms with Crippen LogP contribution in [0.5, 0.6) is 5.75 Å². The Bertz CT molecular complexity index is 938. The molecule has 28 heavy (non-hydrogen) atoms. The Kier molecular flexibility index (Phi) is 6.68. The number of nitrogens with one attached hydrogen (secondary N) is 1. The third-order valence-electron chi connectivity index (χ3n) is 4.22. The second-order valence-corrected chi connectivity index (χ2v) is 6.51. The standard InChI is InChI=1S/C21H22ClN3O3/c1-27-13-5-12-23-21(26)20-14-19(17-6-3-4-7-18(17)22)24-25(20)15-8-10-16(28-2)11-9-15/h3-4,6-11,14H,5,12-13H2,1-2H3,(H,23,26). The van der Waals surface area contributed by atoms with E-state index in [1.165, 1.54) is 0 Å². The topological polar surface area (TPSA) is 65.4 Å². The van der Waals surface area contributed by atoms with E-state index < -0.39 is 0 Å². The molecule has 0 spiro atoms. The molecule has 146 valence electrons. The quantitative estimate of drug-likeness (QED) is 0.582. The molecule has 1 N–H and O–H groups in total. The summed E-state index contributed by atoms with van der Waals surface area (Å²) < 4.78 is 11.8. The minimum absolute atomic E-state index is 0.210. The Morgan fingerprint density at radius 1 is 1.14 bits per heavy atom. The molecule has 0 aliphatic rings. The predicted octanol–water partition coefficient (Wildman–Crippen LogP) is 3.97. The van der Waals surface area contributed by atoms with Crippen LogP contribution >= 0.6 is 11.6 Å². The highest BCUT2D eigenvalue weighted by Gasteiger charge is 2.18. The molecule has 0 bridgehead atoms. The monoisotopic (exact) mass is 399 g/mol. The van der Waals surface area contributed by atoms with Gasteiger partial charge in [0.15, 0.2) is 0 Å². The SMILES string of the molecule is COCCCNC(=O)c1cc(-c2ccccc2Cl)nn1-c1ccc(OC)cc1. The van der Waals surface area contributed by atoms with Crippen LogP contribution in [0.25, 0.3) is 16.9 Å². The predicted molar refractivity (Wildman–Crippen MR) is 109 cm³/mol. The van der Waals surface area contributed by atoms with Gasteiger partial charge in [-0.15, -0.1) is 0 Å². The minimum atomic E-state index is -0.210. The molecule has 1 heterocycles. The van der Waals surface area contributed by atoms with E-state index >= 15 is 0 Å². The number of hydrogen-bond donors (Lipinski definition) is 1. The summed E-state index contributed by atoms with van der Waals surface area (Å²) in [5, 5.41) is 8.12. The normalized spacial score (nSPS) is 10.7. The molecule has 0 fully saturated rings. The number of rotatable bonds is 8. The molecule has 1 aromatic heterocycles. The summed E-state index contributed by atoms with van der Waals surface area (Å²) in [6.07, 6.45) is 0.732. The van der Waals surface area contributed by atoms with Crippen molar-refractivity contribution < 1.29 is 14.3 Å². The molecule has 3 rings (SSSR count). The molecule has 2 aromatic carbocycles. The van der Waals surface area contributed by atoms with Crippen LogP contribution in [0, 0.1) is 0 Å². The maximum absolute atomic E-state index is 12.8. The first kappa shape index (κ1) is 19.9. The van der Waals surface area contributed by atoms with E-state index in [9.17, 15) is 4.79 Å². The van der Waals surface area contributed by atoms with Gasteiger partial charge < -0.3 is 14.8 Å². The van der Waals surface area contributed by atoms with Gasteiger partial charge in [-0.05, 0) is 42.8 Å². The molecule has 0 atom stereocenters. The summed E-state index contributed by atoms with van der Waals surface area (Å²) in [5.41, 5.74) is 2.58. The summed E-state index contributed by atoms with van der Waals surface area (Å²) in [7, 11) is 3.24. The molecular weight excluding hydrogens is 378 g/mol. The first-order valence-corrected chi connectivity index (χ1v) is 9.28. The van der Waals surface area contributed by atoms with Crippen LogP contribution in [0.15, 0.2) is 54.6 Å². The summed E-state index contributed by atoms with van der Waals surface area (Å²) in [4.78, 5) is 12.8. The van der Waals surface area contributed by atoms with E-state index in [2.05, 4.69) is 10.4 Å². The van der Waals surface area contributed by atoms with Crippen LogP contribution in [0.3, 0.4) is 0 Å². The smallest absolute Gasteiger partial charge is 0.270 e. The first-order chi connectivity index (χ1) is 13.6. The van der Waals surface area contributed by atoms with Gasteiger partial charge in [0.25, 0.3) is 5.91 Å². The molecule has 3 aromatic rings. The third kappa shape index (κ3) is 4.52. The van der Waals surface area contributed by atoms with E-state index in [1.807, 2.05) is 42.5 Å². The number of nitrogens with zero attached hydrogens (tertiary/aromatic N) is 2. The zero-order chi connectivity index (χ0) is 19.9. The van der Waals surface area contributed by atoms with Crippen LogP contribution in [-0.2, 0) is 4.74 Å². The van der Waals surface area contributed by atoms with Crippen molar-refractivity contribution in [3.05, 3.63) is 65.3 Å². The highest BCUT2D eigenvalue weighted by atomic mass is 35.5. The number of carbonyl (C=O) groups excluding carboxylic acids is 1. The van der Waals surface area contributed by atoms with Crippen molar-refractivity contribution in [2.75, 3.05) is 27.4 Å². The maximum atomic E-state index is 12.8. The molecule has 0 saturated carbocycles. The molecule has 6 nitrogen and oxygen atoms in total. The summed E-state index contributed by atoms with van der Waals surface area (Å²) in [5.74, 6) is 0.519. The van der Waals surface area contributed by atoms with Gasteiger partial charge in [0.1, 0.15) is 11.4 Å². The highest BCUT2D eigenvalue weighted by Crippen LogP contribution is 2.28. The van der Waals surface area contributed by atoms with Crippen LogP contribution in [0.4, 0.5) is 0 Å². The first-order valence-electron chi connectivity index (χ1n) is 8.90. The Labute approximate surface area is 169 Å². The number of aromatic nitrogens is 2. The number of benzene rings is 2. The summed E-state index contributed by atoms with van der Waals surface area (Å²) in [6.45, 7) is 1.10. The van der Waals surface area contributed by atoms with Gasteiger partial charge >= 0.3 is 0 Å². The number of halogens is 1. The fraction of sp³-hybridized carbons (Fsp3) is 0.238. The maximum Gasteiger partial charge on any atom is 0.270 e. The zero-order valence-corrected chi connectivity index (χ0v) is 16.6. The average Bonchev–Trinajstić information content (AvgIpc) is 3.17. The van der Waals surface area contributed by atoms with Crippen molar-refractivity contribution in [3.63, 3.8) is 0 Å². The Balaban J connectivity index is 1.97. The number of carbonyl (C=O) groups is 1. The molecule has 0 saturated heterocycles. The summed E-state index contributed by atoms with van der Waals surface area (Å²) >= 11 is 6.32. The van der Waals surface area contributed by atoms with E-state index in [1.54, 1.807) is 31.0 Å². The van der Waals surface area contributed by atoms with Crippen LogP contribution in [0.1, 0.15) is 16.9 Å². The van der Waals surface area contributed by atoms with Gasteiger partial charge in [0.2, 0.25) is 0 Å². The van der Waals surface area contributed by atoms with Crippen molar-refractivity contribution in [2.45, 2.75) is 6.42 Å². The van der Waals surface area contributed by atoms with Crippen molar-refractivity contribution in [1.29, 1.82) is 0 Å². The average molecular weight is 400 g/mol. The van der Waals surface area contributed by atoms with Crippen molar-refractivity contribution in [2.24, 2.45) is 0 Å². The van der Waals surface area contributed by atoms with E-state index in [0.29, 0.717) is 29.6 Å². The van der Waals surface area contributed by atoms with Gasteiger partial charge in [-0.25, -0.2) is 4.68 Å². The van der Waals surface area contributed by atoms with Crippen molar-refractivity contribution >= 4 is 17.5 Å². The highest BCUT2D eigenvalue weighted by molar-refractivity contribution is 6.33. The lowest BCUT2D eigenvalue weighted by molar-refractivity contribution is 0.0941. The molecule has 0 radical (unpaired) electrons. The number of hydrogen-bond acceptors (Lipinski definition) is 4. The Morgan fingerprint density at radius 2 is 1.89 bits per heavy atom. The van der Waals surface area contributed by atoms with Crippen LogP contribution in [-0.4, -0.2) is 43.1 Å². The second kappa shape index (κ2) is 9.39. The van der Waals surface area contributed by atoms with E-state index in [-0.39, 0.29) is 5.91 Å². The minimum Gasteiger partial charge on any atom is -0.497 e. The number of methoxy groups -OCH3 is 2. The second-order valence-electron chi connectivity index (χ2n) is 6.11. The van der Waals surface area contributed by atoms with Crippen molar-refractivity contribution in [3.8, 4) is 22.7 Å². The Morgan fingerprint density at radius 3 is 2.57 bits per heavy atom. The zero-order valence-electron chi connectivity index (χ0n) is 15.8. The van der Waals surface area contributed by atoms with E-state index in [0.717, 1.165) is 23.4 Å². The molecule has 7 heteroatoms. The summed E-state index contributed by atoms with van der Waals surface area (Å²) in [6, 6.07) is 16.5. The molecule has 0 unspecified atom stereocenters. The molecule has 0 aliphatic carbocycles. The lowest BCUT2D eigenvalue weighted by Crippen LogP contribution is -2.27. The molecule has 0 aliphatic heterocycles. The lowest BCUT2D eigenvalue weighted by Gasteiger charge is -2.09.